The fraction of sp³-hybridized carbons (Fsp3) is 0. The van der Waals surface area contributed by atoms with Crippen molar-refractivity contribution in [1.29, 1.82) is 0 Å². The lowest BCUT2D eigenvalue weighted by molar-refractivity contribution is 0.585. The molecule has 7 heteroatoms. The van der Waals surface area contributed by atoms with Gasteiger partial charge in [0, 0.05) is 17.0 Å². The molecular weight excluding hydrogens is 270 g/mol. The lowest BCUT2D eigenvalue weighted by atomic mass is 10.1. The van der Waals surface area contributed by atoms with Gasteiger partial charge < -0.3 is 5.73 Å². The van der Waals surface area contributed by atoms with Crippen LogP contribution >= 0.6 is 11.3 Å². The van der Waals surface area contributed by atoms with Gasteiger partial charge in [0.05, 0.1) is 17.5 Å². The molecule has 3 N–H and O–H groups in total. The monoisotopic (exact) mass is 278 g/mol. The molecule has 3 aromatic rings. The average molecular weight is 278 g/mol. The second-order valence-electron chi connectivity index (χ2n) is 3.86. The maximum atomic E-state index is 13.6. The number of halogens is 2. The maximum absolute atomic E-state index is 13.6. The fourth-order valence-corrected chi connectivity index (χ4v) is 2.53. The molecule has 0 saturated heterocycles. The number of anilines is 1. The summed E-state index contributed by atoms with van der Waals surface area (Å²) >= 11 is 1.32. The molecule has 0 fully saturated rings. The number of hydrogen-bond acceptors (Lipinski definition) is 4. The molecule has 96 valence electrons. The summed E-state index contributed by atoms with van der Waals surface area (Å²) in [6.45, 7) is 0. The van der Waals surface area contributed by atoms with Gasteiger partial charge in [-0.3, -0.25) is 5.10 Å². The van der Waals surface area contributed by atoms with Crippen LogP contribution in [-0.2, 0) is 0 Å². The van der Waals surface area contributed by atoms with Crippen molar-refractivity contribution in [1.82, 2.24) is 15.2 Å². The van der Waals surface area contributed by atoms with E-state index in [1.54, 1.807) is 11.6 Å². The van der Waals surface area contributed by atoms with E-state index in [2.05, 4.69) is 15.2 Å². The summed E-state index contributed by atoms with van der Waals surface area (Å²) in [4.78, 5) is 4.29. The molecule has 0 atom stereocenters. The maximum Gasteiger partial charge on any atom is 0.135 e. The van der Waals surface area contributed by atoms with Gasteiger partial charge in [-0.1, -0.05) is 0 Å². The van der Waals surface area contributed by atoms with Crippen molar-refractivity contribution in [3.63, 3.8) is 0 Å². The third kappa shape index (κ3) is 2.08. The summed E-state index contributed by atoms with van der Waals surface area (Å²) in [6, 6.07) is 3.40. The molecule has 0 radical (unpaired) electrons. The minimum Gasteiger partial charge on any atom is -0.383 e. The topological polar surface area (TPSA) is 67.6 Å². The minimum absolute atomic E-state index is 0.256. The van der Waals surface area contributed by atoms with Crippen molar-refractivity contribution in [2.24, 2.45) is 0 Å². The minimum atomic E-state index is -0.642. The van der Waals surface area contributed by atoms with E-state index >= 15 is 0 Å². The van der Waals surface area contributed by atoms with E-state index in [1.807, 2.05) is 0 Å². The number of rotatable bonds is 2. The first-order chi connectivity index (χ1) is 9.15. The van der Waals surface area contributed by atoms with Crippen LogP contribution in [-0.4, -0.2) is 15.2 Å². The molecule has 4 nitrogen and oxygen atoms in total. The molecule has 0 aliphatic rings. The normalized spacial score (nSPS) is 10.8. The van der Waals surface area contributed by atoms with Crippen LogP contribution in [0.1, 0.15) is 0 Å². The second kappa shape index (κ2) is 4.43. The number of nitrogens with one attached hydrogen (secondary N) is 1. The zero-order valence-corrected chi connectivity index (χ0v) is 10.3. The zero-order chi connectivity index (χ0) is 13.4. The van der Waals surface area contributed by atoms with E-state index in [9.17, 15) is 8.78 Å². The zero-order valence-electron chi connectivity index (χ0n) is 9.52. The Bertz CT molecular complexity index is 735. The molecule has 0 aliphatic heterocycles. The van der Waals surface area contributed by atoms with Gasteiger partial charge in [-0.2, -0.15) is 5.10 Å². The molecule has 0 spiro atoms. The molecule has 19 heavy (non-hydrogen) atoms. The van der Waals surface area contributed by atoms with Crippen LogP contribution in [0.3, 0.4) is 0 Å². The van der Waals surface area contributed by atoms with Crippen molar-refractivity contribution in [2.75, 3.05) is 5.73 Å². The molecule has 0 bridgehead atoms. The van der Waals surface area contributed by atoms with Gasteiger partial charge >= 0.3 is 0 Å². The third-order valence-corrected chi connectivity index (χ3v) is 3.49. The van der Waals surface area contributed by atoms with Crippen LogP contribution < -0.4 is 5.73 Å². The molecular formula is C12H8F2N4S. The van der Waals surface area contributed by atoms with Crippen molar-refractivity contribution in [3.05, 3.63) is 41.4 Å². The van der Waals surface area contributed by atoms with E-state index in [4.69, 9.17) is 5.73 Å². The molecule has 0 saturated carbocycles. The summed E-state index contributed by atoms with van der Waals surface area (Å²) in [5, 5.41) is 8.73. The van der Waals surface area contributed by atoms with Crippen LogP contribution in [0.15, 0.2) is 29.8 Å². The standard InChI is InChI=1S/C12H8F2N4S/c13-6-1-2-7(9(14)3-6)10-5-19-12(17-10)8-4-16-18-11(8)15/h1-5H,(H3,15,16,18). The number of hydrogen-bond donors (Lipinski definition) is 2. The molecule has 1 aromatic carbocycles. The van der Waals surface area contributed by atoms with Crippen molar-refractivity contribution in [3.8, 4) is 21.8 Å². The first kappa shape index (κ1) is 11.8. The van der Waals surface area contributed by atoms with Gasteiger partial charge in [-0.05, 0) is 12.1 Å². The number of nitrogens with two attached hydrogens (primary N) is 1. The highest BCUT2D eigenvalue weighted by Gasteiger charge is 2.13. The van der Waals surface area contributed by atoms with Gasteiger partial charge in [0.15, 0.2) is 0 Å². The van der Waals surface area contributed by atoms with E-state index in [1.165, 1.54) is 23.5 Å². The van der Waals surface area contributed by atoms with Gasteiger partial charge in [-0.15, -0.1) is 11.3 Å². The second-order valence-corrected chi connectivity index (χ2v) is 4.72. The number of nitrogens with zero attached hydrogens (tertiary/aromatic N) is 2. The Morgan fingerprint density at radius 1 is 1.21 bits per heavy atom. The lowest BCUT2D eigenvalue weighted by Gasteiger charge is -1.99. The molecule has 0 aliphatic carbocycles. The first-order valence-corrected chi connectivity index (χ1v) is 6.23. The highest BCUT2D eigenvalue weighted by Crippen LogP contribution is 2.32. The van der Waals surface area contributed by atoms with Crippen molar-refractivity contribution >= 4 is 17.2 Å². The predicted octanol–water partition coefficient (Wildman–Crippen LogP) is 3.06. The van der Waals surface area contributed by atoms with Gasteiger partial charge in [0.1, 0.15) is 22.5 Å². The molecule has 0 amide bonds. The average Bonchev–Trinajstić information content (AvgIpc) is 2.97. The van der Waals surface area contributed by atoms with E-state index in [0.29, 0.717) is 22.1 Å². The Balaban J connectivity index is 2.04. The Hall–Kier alpha value is -2.28. The van der Waals surface area contributed by atoms with Gasteiger partial charge in [0.2, 0.25) is 0 Å². The number of aromatic amines is 1. The SMILES string of the molecule is Nc1[nH]ncc1-c1nc(-c2ccc(F)cc2F)cs1. The van der Waals surface area contributed by atoms with Crippen molar-refractivity contribution < 1.29 is 8.78 Å². The van der Waals surface area contributed by atoms with Crippen LogP contribution in [0.25, 0.3) is 21.8 Å². The molecule has 2 heterocycles. The number of aromatic nitrogens is 3. The highest BCUT2D eigenvalue weighted by molar-refractivity contribution is 7.13. The first-order valence-electron chi connectivity index (χ1n) is 5.35. The largest absolute Gasteiger partial charge is 0.383 e. The lowest BCUT2D eigenvalue weighted by Crippen LogP contribution is -1.88. The summed E-state index contributed by atoms with van der Waals surface area (Å²) < 4.78 is 26.5. The summed E-state index contributed by atoms with van der Waals surface area (Å²) in [5.74, 6) is -0.853. The van der Waals surface area contributed by atoms with Gasteiger partial charge in [0.25, 0.3) is 0 Å². The Morgan fingerprint density at radius 3 is 2.74 bits per heavy atom. The molecule has 0 unspecified atom stereocenters. The van der Waals surface area contributed by atoms with E-state index < -0.39 is 11.6 Å². The Labute approximate surface area is 110 Å². The van der Waals surface area contributed by atoms with Crippen molar-refractivity contribution in [2.45, 2.75) is 0 Å². The number of nitrogen functional groups attached to an aromatic ring is 1. The van der Waals surface area contributed by atoms with Crippen LogP contribution in [0, 0.1) is 11.6 Å². The quantitative estimate of drug-likeness (QED) is 0.757. The number of thiazole rings is 1. The number of benzene rings is 1. The predicted molar refractivity (Wildman–Crippen MR) is 69.5 cm³/mol. The van der Waals surface area contributed by atoms with Crippen LogP contribution in [0.5, 0.6) is 0 Å². The Kier molecular flexibility index (Phi) is 2.75. The molecule has 2 aromatic heterocycles. The van der Waals surface area contributed by atoms with E-state index in [0.717, 1.165) is 6.07 Å². The van der Waals surface area contributed by atoms with Crippen LogP contribution in [0.2, 0.25) is 0 Å². The smallest absolute Gasteiger partial charge is 0.135 e. The summed E-state index contributed by atoms with van der Waals surface area (Å²) in [5.41, 5.74) is 7.06. The summed E-state index contributed by atoms with van der Waals surface area (Å²) in [6.07, 6.45) is 1.55. The highest BCUT2D eigenvalue weighted by atomic mass is 32.1. The molecule has 3 rings (SSSR count). The summed E-state index contributed by atoms with van der Waals surface area (Å²) in [7, 11) is 0. The van der Waals surface area contributed by atoms with Crippen LogP contribution in [0.4, 0.5) is 14.6 Å². The number of H-pyrrole nitrogens is 1. The third-order valence-electron chi connectivity index (χ3n) is 2.61. The Morgan fingerprint density at radius 2 is 2.05 bits per heavy atom. The fourth-order valence-electron chi connectivity index (χ4n) is 1.68. The van der Waals surface area contributed by atoms with Gasteiger partial charge in [-0.25, -0.2) is 13.8 Å². The van der Waals surface area contributed by atoms with E-state index in [-0.39, 0.29) is 5.56 Å².